The summed E-state index contributed by atoms with van der Waals surface area (Å²) in [6.07, 6.45) is 15.4. The van der Waals surface area contributed by atoms with E-state index in [9.17, 15) is 0 Å². The van der Waals surface area contributed by atoms with Gasteiger partial charge in [-0.05, 0) is 68.6 Å². The second kappa shape index (κ2) is 15.1. The molecule has 0 aromatic carbocycles. The first kappa shape index (κ1) is 33.9. The molecule has 213 valence electrons. The Bertz CT molecular complexity index is 739. The molecule has 0 amide bonds. The SMILES string of the molecule is C=C1CC2(CC)C(CCC23OCCO3)C2CCC3=CC4(CCC3C12)SCCS4.CC.CCC.CCC.[V]. The van der Waals surface area contributed by atoms with Crippen molar-refractivity contribution in [2.75, 3.05) is 24.7 Å². The molecule has 5 atom stereocenters. The minimum atomic E-state index is -0.301. The van der Waals surface area contributed by atoms with Crippen LogP contribution in [0, 0.1) is 29.1 Å². The smallest absolute Gasteiger partial charge is 0.174 e. The van der Waals surface area contributed by atoms with Crippen molar-refractivity contribution in [1.29, 1.82) is 0 Å². The number of rotatable bonds is 1. The largest absolute Gasteiger partial charge is 0.347 e. The standard InChI is InChI=1S/C24H34O2S2.2C3H8.C2H6.V/c1-3-22-14-16(2)21-18-6-8-23(27-12-13-28-23)15-17(18)4-5-19(21)20(22)7-9-24(22)25-10-11-26-24;2*1-3-2;1-2;/h15,18-21H,2-14H2,1H3;2*3H2,1-2H3;1-2H3;. The maximum atomic E-state index is 6.38. The molecule has 0 N–H and O–H groups in total. The molecule has 6 rings (SSSR count). The van der Waals surface area contributed by atoms with Crippen molar-refractivity contribution in [3.63, 3.8) is 0 Å². The van der Waals surface area contributed by atoms with Gasteiger partial charge in [0, 0.05) is 41.9 Å². The van der Waals surface area contributed by atoms with Gasteiger partial charge in [0.2, 0.25) is 0 Å². The maximum Gasteiger partial charge on any atom is 0.174 e. The summed E-state index contributed by atoms with van der Waals surface area (Å²) in [5.74, 6) is 5.42. The number of ether oxygens (including phenoxy) is 2. The third-order valence-electron chi connectivity index (χ3n) is 9.29. The fourth-order valence-corrected chi connectivity index (χ4v) is 11.5. The fraction of sp³-hybridized carbons (Fsp3) is 0.875. The molecule has 3 saturated carbocycles. The van der Waals surface area contributed by atoms with Gasteiger partial charge in [-0.25, -0.2) is 0 Å². The van der Waals surface area contributed by atoms with Gasteiger partial charge in [0.15, 0.2) is 5.79 Å². The van der Waals surface area contributed by atoms with Crippen molar-refractivity contribution >= 4 is 23.5 Å². The molecule has 2 heterocycles. The molecule has 0 bridgehead atoms. The van der Waals surface area contributed by atoms with Crippen LogP contribution in [0.3, 0.4) is 0 Å². The predicted molar refractivity (Wildman–Crippen MR) is 162 cm³/mol. The summed E-state index contributed by atoms with van der Waals surface area (Å²) in [5, 5.41) is 0. The number of thioether (sulfide) groups is 2. The van der Waals surface area contributed by atoms with Gasteiger partial charge >= 0.3 is 0 Å². The Labute approximate surface area is 250 Å². The van der Waals surface area contributed by atoms with E-state index in [0.29, 0.717) is 4.08 Å². The summed E-state index contributed by atoms with van der Waals surface area (Å²) in [7, 11) is 0. The summed E-state index contributed by atoms with van der Waals surface area (Å²) in [6.45, 7) is 21.2. The van der Waals surface area contributed by atoms with E-state index in [1.807, 2.05) is 13.8 Å². The van der Waals surface area contributed by atoms with E-state index in [-0.39, 0.29) is 29.8 Å². The van der Waals surface area contributed by atoms with Gasteiger partial charge in [0.25, 0.3) is 0 Å². The van der Waals surface area contributed by atoms with Gasteiger partial charge < -0.3 is 9.47 Å². The normalized spacial score (nSPS) is 35.8. The molecule has 2 spiro atoms. The summed E-state index contributed by atoms with van der Waals surface area (Å²) in [5.41, 5.74) is 3.50. The first-order chi connectivity index (χ1) is 17.4. The zero-order valence-electron chi connectivity index (χ0n) is 25.1. The molecular weight excluding hydrogens is 531 g/mol. The van der Waals surface area contributed by atoms with Crippen molar-refractivity contribution in [3.05, 3.63) is 23.8 Å². The molecule has 4 aliphatic carbocycles. The Morgan fingerprint density at radius 2 is 1.51 bits per heavy atom. The van der Waals surface area contributed by atoms with Crippen LogP contribution in [-0.2, 0) is 28.0 Å². The second-order valence-electron chi connectivity index (χ2n) is 11.5. The number of hydrogen-bond donors (Lipinski definition) is 0. The van der Waals surface area contributed by atoms with Crippen LogP contribution >= 0.6 is 23.5 Å². The van der Waals surface area contributed by atoms with Crippen molar-refractivity contribution in [2.24, 2.45) is 29.1 Å². The van der Waals surface area contributed by atoms with Crippen LogP contribution in [0.2, 0.25) is 0 Å². The van der Waals surface area contributed by atoms with Gasteiger partial charge in [0.1, 0.15) is 0 Å². The second-order valence-corrected chi connectivity index (χ2v) is 14.6. The van der Waals surface area contributed by atoms with Crippen molar-refractivity contribution in [3.8, 4) is 0 Å². The van der Waals surface area contributed by atoms with Gasteiger partial charge in [-0.15, -0.1) is 23.5 Å². The summed E-state index contributed by atoms with van der Waals surface area (Å²) in [4.78, 5) is 0. The molecule has 2 aliphatic heterocycles. The first-order valence-corrected chi connectivity index (χ1v) is 17.4. The van der Waals surface area contributed by atoms with Crippen LogP contribution in [0.1, 0.15) is 113 Å². The Balaban J connectivity index is 0.000000483. The molecule has 0 aromatic heterocycles. The minimum Gasteiger partial charge on any atom is -0.347 e. The van der Waals surface area contributed by atoms with E-state index >= 15 is 0 Å². The summed E-state index contributed by atoms with van der Waals surface area (Å²) < 4.78 is 13.2. The van der Waals surface area contributed by atoms with Crippen LogP contribution in [0.15, 0.2) is 23.8 Å². The van der Waals surface area contributed by atoms with E-state index < -0.39 is 0 Å². The molecule has 6 aliphatic rings. The molecule has 5 heteroatoms. The first-order valence-electron chi connectivity index (χ1n) is 15.4. The van der Waals surface area contributed by atoms with E-state index in [1.165, 1.54) is 68.4 Å². The van der Waals surface area contributed by atoms with Crippen LogP contribution in [0.4, 0.5) is 0 Å². The third-order valence-corrected chi connectivity index (χ3v) is 12.7. The summed E-state index contributed by atoms with van der Waals surface area (Å²) >= 11 is 4.43. The zero-order valence-corrected chi connectivity index (χ0v) is 28.1. The van der Waals surface area contributed by atoms with Crippen LogP contribution < -0.4 is 0 Å². The van der Waals surface area contributed by atoms with Gasteiger partial charge in [-0.3, -0.25) is 0 Å². The topological polar surface area (TPSA) is 18.5 Å². The Kier molecular flexibility index (Phi) is 13.8. The van der Waals surface area contributed by atoms with E-state index in [1.54, 1.807) is 5.57 Å². The quantitative estimate of drug-likeness (QED) is 0.284. The van der Waals surface area contributed by atoms with Gasteiger partial charge in [-0.2, -0.15) is 0 Å². The predicted octanol–water partition coefficient (Wildman–Crippen LogP) is 9.89. The average molecular weight is 588 g/mol. The van der Waals surface area contributed by atoms with Crippen molar-refractivity contribution < 1.29 is 28.0 Å². The Morgan fingerprint density at radius 1 is 0.919 bits per heavy atom. The Morgan fingerprint density at radius 3 is 2.08 bits per heavy atom. The van der Waals surface area contributed by atoms with E-state index in [4.69, 9.17) is 16.1 Å². The molecule has 1 radical (unpaired) electrons. The molecule has 2 saturated heterocycles. The minimum absolute atomic E-state index is 0. The van der Waals surface area contributed by atoms with Crippen LogP contribution in [-0.4, -0.2) is 34.6 Å². The Hall–Kier alpha value is 0.684. The van der Waals surface area contributed by atoms with Crippen LogP contribution in [0.25, 0.3) is 0 Å². The van der Waals surface area contributed by atoms with E-state index in [2.05, 4.69) is 64.2 Å². The molecule has 2 nitrogen and oxygen atoms in total. The van der Waals surface area contributed by atoms with Crippen molar-refractivity contribution in [2.45, 2.75) is 123 Å². The molecular formula is C32H56O2S2V. The maximum absolute atomic E-state index is 6.38. The average Bonchev–Trinajstić information content (AvgIpc) is 3.62. The number of allylic oxidation sites excluding steroid dienone is 2. The zero-order chi connectivity index (χ0) is 26.4. The van der Waals surface area contributed by atoms with Crippen molar-refractivity contribution in [1.82, 2.24) is 0 Å². The third kappa shape index (κ3) is 6.30. The molecule has 5 fully saturated rings. The van der Waals surface area contributed by atoms with Gasteiger partial charge in [0.05, 0.1) is 17.3 Å². The number of hydrogen-bond acceptors (Lipinski definition) is 4. The molecule has 37 heavy (non-hydrogen) atoms. The number of fused-ring (bicyclic) bond motifs is 6. The monoisotopic (exact) mass is 587 g/mol. The van der Waals surface area contributed by atoms with E-state index in [0.717, 1.165) is 49.7 Å². The molecule has 0 aromatic rings. The molecule has 5 unspecified atom stereocenters. The van der Waals surface area contributed by atoms with Gasteiger partial charge in [-0.1, -0.05) is 85.1 Å². The van der Waals surface area contributed by atoms with Crippen LogP contribution in [0.5, 0.6) is 0 Å². The fourth-order valence-electron chi connectivity index (χ4n) is 8.33. The summed E-state index contributed by atoms with van der Waals surface area (Å²) in [6, 6.07) is 0.